The highest BCUT2D eigenvalue weighted by molar-refractivity contribution is 5.79. The van der Waals surface area contributed by atoms with E-state index in [1.807, 2.05) is 13.8 Å². The fourth-order valence-electron chi connectivity index (χ4n) is 2.25. The van der Waals surface area contributed by atoms with E-state index < -0.39 is 5.92 Å². The van der Waals surface area contributed by atoms with Crippen molar-refractivity contribution in [1.29, 1.82) is 0 Å². The fraction of sp³-hybridized carbons (Fsp3) is 0.917. The molecule has 0 aromatic carbocycles. The molecule has 0 aromatic rings. The molecule has 1 N–H and O–H groups in total. The van der Waals surface area contributed by atoms with Gasteiger partial charge in [-0.15, -0.1) is 0 Å². The Morgan fingerprint density at radius 3 is 2.35 bits per heavy atom. The van der Waals surface area contributed by atoms with Crippen molar-refractivity contribution >= 4 is 5.91 Å². The lowest BCUT2D eigenvalue weighted by atomic mass is 9.85. The van der Waals surface area contributed by atoms with Gasteiger partial charge in [-0.05, 0) is 26.7 Å². The minimum atomic E-state index is -2.60. The highest BCUT2D eigenvalue weighted by Crippen LogP contribution is 2.36. The van der Waals surface area contributed by atoms with Crippen molar-refractivity contribution in [3.8, 4) is 0 Å². The number of rotatable bonds is 4. The fourth-order valence-corrected chi connectivity index (χ4v) is 2.25. The van der Waals surface area contributed by atoms with Crippen molar-refractivity contribution in [2.75, 3.05) is 13.2 Å². The lowest BCUT2D eigenvalue weighted by molar-refractivity contribution is -0.142. The van der Waals surface area contributed by atoms with Crippen LogP contribution in [0.4, 0.5) is 8.78 Å². The molecular weight excluding hydrogens is 228 g/mol. The second-order valence-electron chi connectivity index (χ2n) is 4.98. The first-order valence-corrected chi connectivity index (χ1v) is 6.16. The van der Waals surface area contributed by atoms with Crippen LogP contribution >= 0.6 is 0 Å². The van der Waals surface area contributed by atoms with E-state index >= 15 is 0 Å². The van der Waals surface area contributed by atoms with Gasteiger partial charge in [-0.3, -0.25) is 4.79 Å². The summed E-state index contributed by atoms with van der Waals surface area (Å²) in [5.41, 5.74) is 0. The maximum Gasteiger partial charge on any atom is 0.248 e. The van der Waals surface area contributed by atoms with Gasteiger partial charge in [0.15, 0.2) is 0 Å². The molecule has 1 rings (SSSR count). The molecule has 0 aromatic heterocycles. The molecule has 0 spiro atoms. The Labute approximate surface area is 101 Å². The van der Waals surface area contributed by atoms with Crippen LogP contribution in [0.15, 0.2) is 0 Å². The number of carbonyl (C=O) groups excluding carboxylic acids is 1. The van der Waals surface area contributed by atoms with Crippen LogP contribution in [0.25, 0.3) is 0 Å². The topological polar surface area (TPSA) is 40.5 Å². The van der Waals surface area contributed by atoms with E-state index in [1.54, 1.807) is 4.90 Å². The van der Waals surface area contributed by atoms with Crippen molar-refractivity contribution in [2.45, 2.75) is 51.5 Å². The number of halogens is 2. The first-order valence-electron chi connectivity index (χ1n) is 6.16. The zero-order valence-electron chi connectivity index (χ0n) is 10.5. The number of alkyl halides is 2. The van der Waals surface area contributed by atoms with Crippen molar-refractivity contribution in [1.82, 2.24) is 4.90 Å². The lowest BCUT2D eigenvalue weighted by Gasteiger charge is -2.33. The Hall–Kier alpha value is -0.710. The summed E-state index contributed by atoms with van der Waals surface area (Å²) in [5.74, 6) is -3.00. The number of amides is 1. The molecular formula is C12H21F2NO2. The number of carbonyl (C=O) groups is 1. The van der Waals surface area contributed by atoms with Crippen LogP contribution in [0.5, 0.6) is 0 Å². The minimum absolute atomic E-state index is 0.00270. The average molecular weight is 249 g/mol. The third-order valence-corrected chi connectivity index (χ3v) is 3.31. The smallest absolute Gasteiger partial charge is 0.248 e. The largest absolute Gasteiger partial charge is 0.395 e. The predicted octanol–water partition coefficient (Wildman–Crippen LogP) is 2.04. The summed E-state index contributed by atoms with van der Waals surface area (Å²) in [5, 5.41) is 8.90. The van der Waals surface area contributed by atoms with Crippen LogP contribution in [0.3, 0.4) is 0 Å². The van der Waals surface area contributed by atoms with Gasteiger partial charge in [0.05, 0.1) is 6.61 Å². The van der Waals surface area contributed by atoms with Gasteiger partial charge in [0.1, 0.15) is 0 Å². The molecule has 0 radical (unpaired) electrons. The summed E-state index contributed by atoms with van der Waals surface area (Å²) < 4.78 is 26.0. The molecule has 1 fully saturated rings. The third kappa shape index (κ3) is 3.91. The normalized spacial score (nSPS) is 20.6. The number of aliphatic hydroxyl groups excluding tert-OH is 1. The Morgan fingerprint density at radius 2 is 1.94 bits per heavy atom. The van der Waals surface area contributed by atoms with Gasteiger partial charge in [0.2, 0.25) is 11.8 Å². The summed E-state index contributed by atoms with van der Waals surface area (Å²) in [6, 6.07) is -0.00270. The molecule has 0 saturated heterocycles. The van der Waals surface area contributed by atoms with Crippen LogP contribution < -0.4 is 0 Å². The highest BCUT2D eigenvalue weighted by atomic mass is 19.3. The van der Waals surface area contributed by atoms with E-state index in [1.165, 1.54) is 0 Å². The Kier molecular flexibility index (Phi) is 4.86. The van der Waals surface area contributed by atoms with E-state index in [9.17, 15) is 13.6 Å². The molecule has 0 atom stereocenters. The molecule has 17 heavy (non-hydrogen) atoms. The molecule has 1 saturated carbocycles. The second-order valence-corrected chi connectivity index (χ2v) is 4.98. The Morgan fingerprint density at radius 1 is 1.41 bits per heavy atom. The summed E-state index contributed by atoms with van der Waals surface area (Å²) >= 11 is 0. The molecule has 5 heteroatoms. The molecule has 100 valence electrons. The van der Waals surface area contributed by atoms with Crippen LogP contribution in [0, 0.1) is 5.92 Å². The van der Waals surface area contributed by atoms with Gasteiger partial charge >= 0.3 is 0 Å². The number of hydrogen-bond donors (Lipinski definition) is 1. The zero-order chi connectivity index (χ0) is 13.1. The standard InChI is InChI=1S/C12H21F2NO2/c1-9(2)15(7-8-16)11(17)10-3-5-12(13,14)6-4-10/h9-10,16H,3-8H2,1-2H3. The van der Waals surface area contributed by atoms with E-state index in [0.29, 0.717) is 0 Å². The number of hydrogen-bond acceptors (Lipinski definition) is 2. The molecule has 0 bridgehead atoms. The summed E-state index contributed by atoms with van der Waals surface area (Å²) in [4.78, 5) is 13.7. The Bertz CT molecular complexity index is 259. The van der Waals surface area contributed by atoms with Crippen molar-refractivity contribution in [3.63, 3.8) is 0 Å². The maximum absolute atomic E-state index is 13.0. The summed E-state index contributed by atoms with van der Waals surface area (Å²) in [6.07, 6.45) is 0.101. The predicted molar refractivity (Wildman–Crippen MR) is 60.8 cm³/mol. The Balaban J connectivity index is 2.57. The van der Waals surface area contributed by atoms with Gasteiger partial charge in [-0.1, -0.05) is 0 Å². The quantitative estimate of drug-likeness (QED) is 0.828. The SMILES string of the molecule is CC(C)N(CCO)C(=O)C1CCC(F)(F)CC1. The number of nitrogens with zero attached hydrogens (tertiary/aromatic N) is 1. The monoisotopic (exact) mass is 249 g/mol. The zero-order valence-corrected chi connectivity index (χ0v) is 10.5. The summed E-state index contributed by atoms with van der Waals surface area (Å²) in [7, 11) is 0. The molecule has 0 heterocycles. The van der Waals surface area contributed by atoms with Gasteiger partial charge in [-0.25, -0.2) is 8.78 Å². The van der Waals surface area contributed by atoms with Crippen molar-refractivity contribution in [3.05, 3.63) is 0 Å². The number of aliphatic hydroxyl groups is 1. The van der Waals surface area contributed by atoms with Crippen molar-refractivity contribution in [2.24, 2.45) is 5.92 Å². The van der Waals surface area contributed by atoms with Gasteiger partial charge < -0.3 is 10.0 Å². The molecule has 0 aliphatic heterocycles. The lowest BCUT2D eigenvalue weighted by Crippen LogP contribution is -2.44. The van der Waals surface area contributed by atoms with Gasteiger partial charge in [-0.2, -0.15) is 0 Å². The van der Waals surface area contributed by atoms with Crippen molar-refractivity contribution < 1.29 is 18.7 Å². The first kappa shape index (κ1) is 14.4. The van der Waals surface area contributed by atoms with Crippen LogP contribution in [-0.4, -0.2) is 41.0 Å². The third-order valence-electron chi connectivity index (χ3n) is 3.31. The molecule has 3 nitrogen and oxygen atoms in total. The van der Waals surface area contributed by atoms with Crippen LogP contribution in [0.2, 0.25) is 0 Å². The van der Waals surface area contributed by atoms with E-state index in [4.69, 9.17) is 5.11 Å². The molecule has 1 aliphatic carbocycles. The molecule has 1 aliphatic rings. The van der Waals surface area contributed by atoms with Crippen LogP contribution in [-0.2, 0) is 4.79 Å². The minimum Gasteiger partial charge on any atom is -0.395 e. The second kappa shape index (κ2) is 5.76. The van der Waals surface area contributed by atoms with E-state index in [0.717, 1.165) is 0 Å². The first-order chi connectivity index (χ1) is 7.87. The van der Waals surface area contributed by atoms with Gasteiger partial charge in [0.25, 0.3) is 0 Å². The van der Waals surface area contributed by atoms with E-state index in [2.05, 4.69) is 0 Å². The highest BCUT2D eigenvalue weighted by Gasteiger charge is 2.38. The maximum atomic E-state index is 13.0. The average Bonchev–Trinajstić information content (AvgIpc) is 2.24. The van der Waals surface area contributed by atoms with Gasteiger partial charge in [0, 0.05) is 31.3 Å². The summed E-state index contributed by atoms with van der Waals surface area (Å²) in [6.45, 7) is 3.92. The molecule has 0 unspecified atom stereocenters. The van der Waals surface area contributed by atoms with Crippen LogP contribution in [0.1, 0.15) is 39.5 Å². The van der Waals surface area contributed by atoms with E-state index in [-0.39, 0.29) is 56.7 Å². The molecule has 1 amide bonds.